The summed E-state index contributed by atoms with van der Waals surface area (Å²) in [6.07, 6.45) is 0. The van der Waals surface area contributed by atoms with Crippen molar-refractivity contribution in [3.8, 4) is 22.5 Å². The molecule has 166 valence electrons. The molecule has 1 N–H and O–H groups in total. The van der Waals surface area contributed by atoms with E-state index in [-0.39, 0.29) is 17.7 Å². The average molecular weight is 455 g/mol. The molecular weight excluding hydrogens is 428 g/mol. The molecule has 1 aromatic heterocycles. The fraction of sp³-hybridized carbons (Fsp3) is 0.185. The van der Waals surface area contributed by atoms with Gasteiger partial charge in [-0.2, -0.15) is 0 Å². The van der Waals surface area contributed by atoms with Gasteiger partial charge in [0.2, 0.25) is 11.1 Å². The first-order valence-corrected chi connectivity index (χ1v) is 11.8. The molecule has 0 fully saturated rings. The van der Waals surface area contributed by atoms with Crippen molar-refractivity contribution in [2.24, 2.45) is 0 Å². The van der Waals surface area contributed by atoms with Crippen molar-refractivity contribution in [3.63, 3.8) is 0 Å². The highest BCUT2D eigenvalue weighted by Gasteiger charge is 2.16. The molecule has 1 atom stereocenters. The van der Waals surface area contributed by atoms with E-state index in [1.807, 2.05) is 61.5 Å². The van der Waals surface area contributed by atoms with Gasteiger partial charge >= 0.3 is 0 Å². The third-order valence-electron chi connectivity index (χ3n) is 5.33. The van der Waals surface area contributed by atoms with Gasteiger partial charge in [0.1, 0.15) is 11.4 Å². The number of nitrogens with zero attached hydrogens (tertiary/aromatic N) is 3. The van der Waals surface area contributed by atoms with E-state index in [2.05, 4.69) is 53.6 Å². The summed E-state index contributed by atoms with van der Waals surface area (Å²) in [4.78, 5) is 17.3. The molecule has 33 heavy (non-hydrogen) atoms. The molecule has 4 rings (SSSR count). The van der Waals surface area contributed by atoms with Crippen molar-refractivity contribution in [1.82, 2.24) is 20.5 Å². The summed E-state index contributed by atoms with van der Waals surface area (Å²) in [6.45, 7) is 6.08. The molecule has 0 aliphatic heterocycles. The van der Waals surface area contributed by atoms with Gasteiger partial charge in [-0.25, -0.2) is 4.98 Å². The highest BCUT2D eigenvalue weighted by Crippen LogP contribution is 2.30. The minimum absolute atomic E-state index is 0.0645. The van der Waals surface area contributed by atoms with Crippen LogP contribution < -0.4 is 5.32 Å². The van der Waals surface area contributed by atoms with Crippen LogP contribution in [-0.2, 0) is 4.79 Å². The summed E-state index contributed by atoms with van der Waals surface area (Å²) < 4.78 is 0. The van der Waals surface area contributed by atoms with Crippen molar-refractivity contribution < 1.29 is 4.79 Å². The van der Waals surface area contributed by atoms with Crippen LogP contribution in [0.5, 0.6) is 0 Å². The second-order valence-corrected chi connectivity index (χ2v) is 8.95. The van der Waals surface area contributed by atoms with Gasteiger partial charge in [-0.05, 0) is 26.3 Å². The Hall–Kier alpha value is -3.51. The highest BCUT2D eigenvalue weighted by molar-refractivity contribution is 7.99. The summed E-state index contributed by atoms with van der Waals surface area (Å²) in [5.74, 6) is 0.148. The molecule has 0 saturated heterocycles. The highest BCUT2D eigenvalue weighted by atomic mass is 32.2. The van der Waals surface area contributed by atoms with Gasteiger partial charge in [-0.3, -0.25) is 4.79 Å². The Bertz CT molecular complexity index is 1230. The number of aryl methyl sites for hydroxylation is 2. The van der Waals surface area contributed by atoms with Crippen LogP contribution in [0.2, 0.25) is 0 Å². The van der Waals surface area contributed by atoms with Crippen LogP contribution in [0, 0.1) is 13.8 Å². The zero-order valence-corrected chi connectivity index (χ0v) is 19.8. The summed E-state index contributed by atoms with van der Waals surface area (Å²) in [5.41, 5.74) is 6.84. The van der Waals surface area contributed by atoms with Gasteiger partial charge < -0.3 is 5.32 Å². The van der Waals surface area contributed by atoms with Gasteiger partial charge in [-0.15, -0.1) is 10.2 Å². The Morgan fingerprint density at radius 1 is 0.818 bits per heavy atom. The maximum absolute atomic E-state index is 12.5. The number of hydrogen-bond acceptors (Lipinski definition) is 5. The number of amides is 1. The lowest BCUT2D eigenvalue weighted by atomic mass is 10.0. The fourth-order valence-corrected chi connectivity index (χ4v) is 4.03. The lowest BCUT2D eigenvalue weighted by Crippen LogP contribution is -2.28. The van der Waals surface area contributed by atoms with Crippen LogP contribution >= 0.6 is 11.8 Å². The monoisotopic (exact) mass is 454 g/mol. The van der Waals surface area contributed by atoms with E-state index in [1.54, 1.807) is 0 Å². The van der Waals surface area contributed by atoms with Crippen molar-refractivity contribution in [1.29, 1.82) is 0 Å². The summed E-state index contributed by atoms with van der Waals surface area (Å²) >= 11 is 1.29. The standard InChI is InChI=1S/C27H26N4OS/c1-18-9-13-22(14-10-18)25-26(23-15-11-19(2)12-16-23)30-31-27(29-25)33-17-24(32)28-20(3)21-7-5-4-6-8-21/h4-16,20H,17H2,1-3H3,(H,28,32). The molecule has 1 heterocycles. The topological polar surface area (TPSA) is 67.8 Å². The summed E-state index contributed by atoms with van der Waals surface area (Å²) in [5, 5.41) is 12.3. The molecule has 0 spiro atoms. The van der Waals surface area contributed by atoms with Crippen molar-refractivity contribution in [3.05, 3.63) is 95.6 Å². The predicted molar refractivity (Wildman–Crippen MR) is 134 cm³/mol. The van der Waals surface area contributed by atoms with Gasteiger partial charge in [0, 0.05) is 11.1 Å². The molecule has 5 nitrogen and oxygen atoms in total. The first-order chi connectivity index (χ1) is 16.0. The number of nitrogens with one attached hydrogen (secondary N) is 1. The predicted octanol–water partition coefficient (Wildman–Crippen LogP) is 5.79. The molecule has 0 bridgehead atoms. The number of aromatic nitrogens is 3. The summed E-state index contributed by atoms with van der Waals surface area (Å²) in [7, 11) is 0. The molecule has 6 heteroatoms. The minimum atomic E-state index is -0.0700. The van der Waals surface area contributed by atoms with E-state index in [0.29, 0.717) is 5.16 Å². The second-order valence-electron chi connectivity index (χ2n) is 8.01. The smallest absolute Gasteiger partial charge is 0.230 e. The Balaban J connectivity index is 1.54. The van der Waals surface area contributed by atoms with E-state index in [0.717, 1.165) is 28.1 Å². The zero-order valence-electron chi connectivity index (χ0n) is 18.9. The lowest BCUT2D eigenvalue weighted by molar-refractivity contribution is -0.119. The van der Waals surface area contributed by atoms with Gasteiger partial charge in [0.05, 0.1) is 11.8 Å². The number of carbonyl (C=O) groups is 1. The SMILES string of the molecule is Cc1ccc(-c2nnc(SCC(=O)NC(C)c3ccccc3)nc2-c2ccc(C)cc2)cc1. The minimum Gasteiger partial charge on any atom is -0.349 e. The third kappa shape index (κ3) is 5.84. The number of carbonyl (C=O) groups excluding carboxylic acids is 1. The number of benzene rings is 3. The quantitative estimate of drug-likeness (QED) is 0.358. The van der Waals surface area contributed by atoms with Crippen LogP contribution in [0.1, 0.15) is 29.7 Å². The molecule has 0 radical (unpaired) electrons. The largest absolute Gasteiger partial charge is 0.349 e. The van der Waals surface area contributed by atoms with Crippen molar-refractivity contribution in [2.75, 3.05) is 5.75 Å². The van der Waals surface area contributed by atoms with E-state index in [1.165, 1.54) is 22.9 Å². The Kier molecular flexibility index (Phi) is 7.15. The molecular formula is C27H26N4OS. The van der Waals surface area contributed by atoms with Crippen LogP contribution in [0.25, 0.3) is 22.5 Å². The molecule has 4 aromatic rings. The van der Waals surface area contributed by atoms with Crippen LogP contribution in [0.3, 0.4) is 0 Å². The van der Waals surface area contributed by atoms with Crippen LogP contribution in [0.15, 0.2) is 84.0 Å². The molecule has 1 unspecified atom stereocenters. The maximum atomic E-state index is 12.5. The first-order valence-electron chi connectivity index (χ1n) is 10.9. The van der Waals surface area contributed by atoms with Crippen LogP contribution in [-0.4, -0.2) is 26.8 Å². The van der Waals surface area contributed by atoms with Gasteiger partial charge in [-0.1, -0.05) is 102 Å². The molecule has 0 aliphatic rings. The van der Waals surface area contributed by atoms with Crippen molar-refractivity contribution >= 4 is 17.7 Å². The van der Waals surface area contributed by atoms with E-state index in [4.69, 9.17) is 4.98 Å². The maximum Gasteiger partial charge on any atom is 0.230 e. The molecule has 3 aromatic carbocycles. The number of hydrogen-bond donors (Lipinski definition) is 1. The third-order valence-corrected chi connectivity index (χ3v) is 6.16. The lowest BCUT2D eigenvalue weighted by Gasteiger charge is -2.14. The Labute approximate surface area is 198 Å². The van der Waals surface area contributed by atoms with Gasteiger partial charge in [0.25, 0.3) is 0 Å². The average Bonchev–Trinajstić information content (AvgIpc) is 2.84. The van der Waals surface area contributed by atoms with E-state index >= 15 is 0 Å². The number of thioether (sulfide) groups is 1. The Morgan fingerprint density at radius 2 is 1.39 bits per heavy atom. The number of rotatable bonds is 7. The first kappa shape index (κ1) is 22.7. The zero-order chi connectivity index (χ0) is 23.2. The van der Waals surface area contributed by atoms with Gasteiger partial charge in [0.15, 0.2) is 0 Å². The van der Waals surface area contributed by atoms with Crippen molar-refractivity contribution in [2.45, 2.75) is 32.0 Å². The second kappa shape index (κ2) is 10.4. The normalized spacial score (nSPS) is 11.7. The molecule has 0 saturated carbocycles. The summed E-state index contributed by atoms with van der Waals surface area (Å²) in [6, 6.07) is 26.2. The Morgan fingerprint density at radius 3 is 2.00 bits per heavy atom. The fourth-order valence-electron chi connectivity index (χ4n) is 3.43. The van der Waals surface area contributed by atoms with E-state index < -0.39 is 0 Å². The molecule has 1 amide bonds. The van der Waals surface area contributed by atoms with E-state index in [9.17, 15) is 4.79 Å². The van der Waals surface area contributed by atoms with Crippen LogP contribution in [0.4, 0.5) is 0 Å². The molecule has 0 aliphatic carbocycles.